The van der Waals surface area contributed by atoms with Gasteiger partial charge >= 0.3 is 0 Å². The maximum absolute atomic E-state index is 13.0. The van der Waals surface area contributed by atoms with Crippen molar-refractivity contribution in [1.82, 2.24) is 0 Å². The maximum atomic E-state index is 13.0. The molecule has 0 unspecified atom stereocenters. The Morgan fingerprint density at radius 3 is 2.42 bits per heavy atom. The number of nitrogens with zero attached hydrogens (tertiary/aromatic N) is 1. The molecule has 3 rings (SSSR count). The number of amides is 1. The van der Waals surface area contributed by atoms with Crippen LogP contribution in [0.5, 0.6) is 0 Å². The lowest BCUT2D eigenvalue weighted by atomic mass is 10.1. The molecule has 2 aromatic carbocycles. The van der Waals surface area contributed by atoms with E-state index in [9.17, 15) is 4.79 Å². The fraction of sp³-hybridized carbons (Fsp3) is 0.158. The number of aryl methyl sites for hydroxylation is 2. The van der Waals surface area contributed by atoms with Gasteiger partial charge in [0, 0.05) is 5.02 Å². The summed E-state index contributed by atoms with van der Waals surface area (Å²) in [5.74, 6) is -0.0654. The topological polar surface area (TPSA) is 20.3 Å². The zero-order valence-electron chi connectivity index (χ0n) is 13.6. The van der Waals surface area contributed by atoms with Crippen LogP contribution in [0.2, 0.25) is 5.02 Å². The van der Waals surface area contributed by atoms with Gasteiger partial charge in [-0.05, 0) is 55.7 Å². The Bertz CT molecular complexity index is 871. The Hall–Kier alpha value is -1.62. The molecule has 2 aromatic rings. The summed E-state index contributed by atoms with van der Waals surface area (Å²) in [6.07, 6.45) is 0. The Balaban J connectivity index is 2.02. The number of halogens is 1. The smallest absolute Gasteiger partial charge is 0.268 e. The summed E-state index contributed by atoms with van der Waals surface area (Å²) in [4.78, 5) is 15.3. The minimum Gasteiger partial charge on any atom is -0.268 e. The van der Waals surface area contributed by atoms with E-state index in [0.29, 0.717) is 14.2 Å². The molecule has 0 atom stereocenters. The minimum atomic E-state index is -0.0654. The van der Waals surface area contributed by atoms with Gasteiger partial charge in [-0.25, -0.2) is 0 Å². The highest BCUT2D eigenvalue weighted by Crippen LogP contribution is 2.40. The van der Waals surface area contributed by atoms with Crippen molar-refractivity contribution in [2.45, 2.75) is 20.8 Å². The Morgan fingerprint density at radius 1 is 1.12 bits per heavy atom. The first-order valence-electron chi connectivity index (χ1n) is 7.49. The second kappa shape index (κ2) is 6.71. The van der Waals surface area contributed by atoms with Gasteiger partial charge in [0.25, 0.3) is 5.91 Å². The van der Waals surface area contributed by atoms with Gasteiger partial charge in [-0.15, -0.1) is 0 Å². The first kappa shape index (κ1) is 17.2. The van der Waals surface area contributed by atoms with Gasteiger partial charge < -0.3 is 0 Å². The van der Waals surface area contributed by atoms with E-state index in [-0.39, 0.29) is 5.91 Å². The van der Waals surface area contributed by atoms with Gasteiger partial charge in [-0.1, -0.05) is 65.4 Å². The van der Waals surface area contributed by atoms with Crippen LogP contribution >= 0.6 is 35.6 Å². The molecule has 1 heterocycles. The quantitative estimate of drug-likeness (QED) is 0.493. The number of carbonyl (C=O) groups is 1. The summed E-state index contributed by atoms with van der Waals surface area (Å²) in [6.45, 7) is 5.97. The van der Waals surface area contributed by atoms with Crippen LogP contribution in [0, 0.1) is 13.8 Å². The predicted octanol–water partition coefficient (Wildman–Crippen LogP) is 5.75. The molecule has 122 valence electrons. The third kappa shape index (κ3) is 3.14. The molecule has 1 amide bonds. The van der Waals surface area contributed by atoms with Gasteiger partial charge in [-0.2, -0.15) is 0 Å². The lowest BCUT2D eigenvalue weighted by Crippen LogP contribution is -2.28. The van der Waals surface area contributed by atoms with E-state index < -0.39 is 0 Å². The molecule has 1 fully saturated rings. The molecule has 1 aliphatic rings. The van der Waals surface area contributed by atoms with Crippen LogP contribution in [-0.2, 0) is 4.79 Å². The van der Waals surface area contributed by atoms with Crippen LogP contribution in [0.25, 0.3) is 5.57 Å². The van der Waals surface area contributed by atoms with Crippen molar-refractivity contribution in [3.05, 3.63) is 69.1 Å². The molecule has 0 spiro atoms. The number of benzene rings is 2. The second-order valence-corrected chi connectivity index (χ2v) is 7.84. The van der Waals surface area contributed by atoms with Gasteiger partial charge in [-0.3, -0.25) is 9.69 Å². The Kier molecular flexibility index (Phi) is 4.81. The highest BCUT2D eigenvalue weighted by Gasteiger charge is 2.35. The highest BCUT2D eigenvalue weighted by atomic mass is 35.5. The zero-order chi connectivity index (χ0) is 17.4. The molecule has 0 bridgehead atoms. The normalized spacial score (nSPS) is 16.8. The minimum absolute atomic E-state index is 0.0654. The third-order valence-electron chi connectivity index (χ3n) is 3.98. The average Bonchev–Trinajstić information content (AvgIpc) is 2.83. The summed E-state index contributed by atoms with van der Waals surface area (Å²) in [5.41, 5.74) is 4.94. The predicted molar refractivity (Wildman–Crippen MR) is 108 cm³/mol. The number of hydrogen-bond acceptors (Lipinski definition) is 3. The van der Waals surface area contributed by atoms with E-state index in [1.807, 2.05) is 57.2 Å². The fourth-order valence-electron chi connectivity index (χ4n) is 2.69. The summed E-state index contributed by atoms with van der Waals surface area (Å²) in [6, 6.07) is 13.5. The summed E-state index contributed by atoms with van der Waals surface area (Å²) in [5, 5.41) is 0.675. The molecule has 1 saturated heterocycles. The number of thioether (sulfide) groups is 1. The highest BCUT2D eigenvalue weighted by molar-refractivity contribution is 8.27. The summed E-state index contributed by atoms with van der Waals surface area (Å²) >= 11 is 12.8. The largest absolute Gasteiger partial charge is 0.271 e. The molecule has 1 aliphatic heterocycles. The van der Waals surface area contributed by atoms with Crippen LogP contribution in [0.3, 0.4) is 0 Å². The van der Waals surface area contributed by atoms with E-state index in [1.54, 1.807) is 4.90 Å². The zero-order valence-corrected chi connectivity index (χ0v) is 16.0. The molecule has 0 radical (unpaired) electrons. The van der Waals surface area contributed by atoms with E-state index in [2.05, 4.69) is 6.07 Å². The van der Waals surface area contributed by atoms with Gasteiger partial charge in [0.05, 0.1) is 10.6 Å². The van der Waals surface area contributed by atoms with E-state index in [1.165, 1.54) is 11.8 Å². The van der Waals surface area contributed by atoms with Gasteiger partial charge in [0.2, 0.25) is 0 Å². The van der Waals surface area contributed by atoms with Crippen molar-refractivity contribution in [3.8, 4) is 0 Å². The Morgan fingerprint density at radius 2 is 1.79 bits per heavy atom. The lowest BCUT2D eigenvalue weighted by Gasteiger charge is -2.17. The lowest BCUT2D eigenvalue weighted by molar-refractivity contribution is -0.113. The van der Waals surface area contributed by atoms with Crippen molar-refractivity contribution in [3.63, 3.8) is 0 Å². The third-order valence-corrected chi connectivity index (χ3v) is 5.71. The van der Waals surface area contributed by atoms with Crippen molar-refractivity contribution < 1.29 is 4.79 Å². The number of thiocarbonyl (C=S) groups is 1. The van der Waals surface area contributed by atoms with Crippen LogP contribution in [-0.4, -0.2) is 10.2 Å². The molecule has 24 heavy (non-hydrogen) atoms. The molecule has 0 aromatic heterocycles. The van der Waals surface area contributed by atoms with Crippen LogP contribution in [0.15, 0.2) is 47.4 Å². The number of hydrogen-bond donors (Lipinski definition) is 0. The first-order chi connectivity index (χ1) is 11.4. The molecular weight excluding hydrogens is 358 g/mol. The van der Waals surface area contributed by atoms with E-state index >= 15 is 0 Å². The molecular formula is C19H16ClNOS2. The van der Waals surface area contributed by atoms with Crippen molar-refractivity contribution >= 4 is 57.1 Å². The molecule has 0 aliphatic carbocycles. The van der Waals surface area contributed by atoms with Gasteiger partial charge in [0.15, 0.2) is 4.32 Å². The first-order valence-corrected chi connectivity index (χ1v) is 9.09. The van der Waals surface area contributed by atoms with E-state index in [4.69, 9.17) is 23.8 Å². The number of carbonyl (C=O) groups excluding carboxylic acids is 1. The van der Waals surface area contributed by atoms with Crippen LogP contribution in [0.1, 0.15) is 23.6 Å². The van der Waals surface area contributed by atoms with Gasteiger partial charge in [0.1, 0.15) is 0 Å². The standard InChI is InChI=1S/C19H16ClNOS2/c1-11-4-9-16(12(2)10-11)21-18(22)17(24-19(21)23)13(3)14-5-7-15(20)8-6-14/h4-10H,1-3H3/b17-13-. The molecule has 5 heteroatoms. The monoisotopic (exact) mass is 373 g/mol. The van der Waals surface area contributed by atoms with Crippen molar-refractivity contribution in [2.24, 2.45) is 0 Å². The van der Waals surface area contributed by atoms with E-state index in [0.717, 1.165) is 28.0 Å². The number of rotatable bonds is 2. The Labute approximate surface area is 156 Å². The van der Waals surface area contributed by atoms with Crippen LogP contribution in [0.4, 0.5) is 5.69 Å². The number of anilines is 1. The second-order valence-electron chi connectivity index (χ2n) is 5.76. The van der Waals surface area contributed by atoms with Crippen molar-refractivity contribution in [2.75, 3.05) is 4.90 Å². The molecule has 2 nitrogen and oxygen atoms in total. The average molecular weight is 374 g/mol. The fourth-order valence-corrected chi connectivity index (χ4v) is 4.15. The summed E-state index contributed by atoms with van der Waals surface area (Å²) in [7, 11) is 0. The molecule has 0 N–H and O–H groups in total. The summed E-state index contributed by atoms with van der Waals surface area (Å²) < 4.78 is 0.565. The van der Waals surface area contributed by atoms with Crippen LogP contribution < -0.4 is 4.90 Å². The maximum Gasteiger partial charge on any atom is 0.271 e. The SMILES string of the molecule is C/C(=C1/SC(=S)N(c2ccc(C)cc2C)C1=O)c1ccc(Cl)cc1. The molecule has 0 saturated carbocycles. The number of allylic oxidation sites excluding steroid dienone is 1. The van der Waals surface area contributed by atoms with Crippen molar-refractivity contribution in [1.29, 1.82) is 0 Å².